The number of nitrogens with zero attached hydrogens (tertiary/aromatic N) is 1. The van der Waals surface area contributed by atoms with Gasteiger partial charge in [0.1, 0.15) is 12.4 Å². The van der Waals surface area contributed by atoms with Gasteiger partial charge in [0, 0.05) is 6.42 Å². The van der Waals surface area contributed by atoms with Crippen LogP contribution in [0.5, 0.6) is 0 Å². The van der Waals surface area contributed by atoms with Gasteiger partial charge in [-0.2, -0.15) is 0 Å². The van der Waals surface area contributed by atoms with Crippen LogP contribution in [0.3, 0.4) is 0 Å². The molecular formula is C12H23N2+. The largest absolute Gasteiger partial charge is 0.254 e. The molecule has 0 bridgehead atoms. The minimum Gasteiger partial charge on any atom is -0.248 e. The molecule has 1 heterocycles. The molecule has 1 aromatic heterocycles. The molecule has 2 heteroatoms. The van der Waals surface area contributed by atoms with E-state index in [1.54, 1.807) is 0 Å². The molecule has 0 amide bonds. The number of hydrogen-bond donors (Lipinski definition) is 1. The summed E-state index contributed by atoms with van der Waals surface area (Å²) < 4.78 is 2.36. The third kappa shape index (κ3) is 3.52. The lowest BCUT2D eigenvalue weighted by Crippen LogP contribution is -2.35. The molecule has 14 heavy (non-hydrogen) atoms. The van der Waals surface area contributed by atoms with E-state index in [9.17, 15) is 0 Å². The Balaban J connectivity index is 2.30. The van der Waals surface area contributed by atoms with E-state index in [0.29, 0.717) is 0 Å². The maximum Gasteiger partial charge on any atom is 0.254 e. The Morgan fingerprint density at radius 3 is 2.71 bits per heavy atom. The van der Waals surface area contributed by atoms with E-state index in [2.05, 4.69) is 29.6 Å². The number of H-pyrrole nitrogens is 1. The molecule has 0 unspecified atom stereocenters. The lowest BCUT2D eigenvalue weighted by molar-refractivity contribution is -0.703. The van der Waals surface area contributed by atoms with Crippen LogP contribution in [0.4, 0.5) is 0 Å². The highest BCUT2D eigenvalue weighted by Crippen LogP contribution is 1.99. The second kappa shape index (κ2) is 6.63. The molecule has 0 saturated heterocycles. The highest BCUT2D eigenvalue weighted by molar-refractivity contribution is 4.76. The summed E-state index contributed by atoms with van der Waals surface area (Å²) in [6, 6.07) is 0. The summed E-state index contributed by atoms with van der Waals surface area (Å²) in [4.78, 5) is 3.31. The summed E-state index contributed by atoms with van der Waals surface area (Å²) in [6.45, 7) is 5.66. The Bertz CT molecular complexity index is 240. The third-order valence-electron chi connectivity index (χ3n) is 2.59. The summed E-state index contributed by atoms with van der Waals surface area (Å²) in [7, 11) is 0. The van der Waals surface area contributed by atoms with Gasteiger partial charge in [-0.3, -0.25) is 0 Å². The van der Waals surface area contributed by atoms with Crippen molar-refractivity contribution >= 4 is 0 Å². The van der Waals surface area contributed by atoms with Crippen molar-refractivity contribution in [2.24, 2.45) is 0 Å². The minimum absolute atomic E-state index is 1.17. The highest BCUT2D eigenvalue weighted by atomic mass is 15.1. The van der Waals surface area contributed by atoms with E-state index in [4.69, 9.17) is 0 Å². The molecule has 0 atom stereocenters. The average molecular weight is 195 g/mol. The summed E-state index contributed by atoms with van der Waals surface area (Å²) in [5, 5.41) is 0. The predicted molar refractivity (Wildman–Crippen MR) is 59.1 cm³/mol. The van der Waals surface area contributed by atoms with Crippen LogP contribution in [0.2, 0.25) is 0 Å². The van der Waals surface area contributed by atoms with Crippen LogP contribution >= 0.6 is 0 Å². The minimum atomic E-state index is 1.17. The molecule has 0 aliphatic carbocycles. The van der Waals surface area contributed by atoms with Crippen molar-refractivity contribution in [1.29, 1.82) is 0 Å². The maximum absolute atomic E-state index is 3.31. The van der Waals surface area contributed by atoms with E-state index in [-0.39, 0.29) is 0 Å². The zero-order valence-corrected chi connectivity index (χ0v) is 9.55. The lowest BCUT2D eigenvalue weighted by atomic mass is 10.2. The second-order valence-electron chi connectivity index (χ2n) is 3.91. The van der Waals surface area contributed by atoms with Crippen LogP contribution in [0, 0.1) is 0 Å². The summed E-state index contributed by atoms with van der Waals surface area (Å²) in [5.41, 5.74) is 0. The first-order valence-electron chi connectivity index (χ1n) is 5.94. The SMILES string of the molecule is CCCCCC[n+]1cc[nH]c1CCC. The molecule has 80 valence electrons. The zero-order valence-electron chi connectivity index (χ0n) is 9.55. The number of hydrogen-bond acceptors (Lipinski definition) is 0. The second-order valence-corrected chi connectivity index (χ2v) is 3.91. The Kier molecular flexibility index (Phi) is 5.35. The van der Waals surface area contributed by atoms with Gasteiger partial charge >= 0.3 is 0 Å². The molecular weight excluding hydrogens is 172 g/mol. The van der Waals surface area contributed by atoms with E-state index >= 15 is 0 Å². The van der Waals surface area contributed by atoms with Gasteiger partial charge < -0.3 is 0 Å². The predicted octanol–water partition coefficient (Wildman–Crippen LogP) is 2.84. The van der Waals surface area contributed by atoms with Crippen molar-refractivity contribution in [2.75, 3.05) is 0 Å². The fraction of sp³-hybridized carbons (Fsp3) is 0.750. The average Bonchev–Trinajstić information content (AvgIpc) is 2.61. The number of aromatic nitrogens is 2. The molecule has 0 spiro atoms. The maximum atomic E-state index is 3.31. The molecule has 0 fully saturated rings. The number of rotatable bonds is 7. The Labute approximate surface area is 87.4 Å². The highest BCUT2D eigenvalue weighted by Gasteiger charge is 2.07. The Hall–Kier alpha value is -0.790. The number of unbranched alkanes of at least 4 members (excludes halogenated alkanes) is 3. The molecule has 1 rings (SSSR count). The fourth-order valence-electron chi connectivity index (χ4n) is 1.77. The molecule has 0 aliphatic heterocycles. The van der Waals surface area contributed by atoms with E-state index in [1.807, 2.05) is 6.20 Å². The summed E-state index contributed by atoms with van der Waals surface area (Å²) >= 11 is 0. The van der Waals surface area contributed by atoms with Gasteiger partial charge in [0.05, 0.1) is 6.54 Å². The summed E-state index contributed by atoms with van der Waals surface area (Å²) in [6.07, 6.45) is 12.0. The smallest absolute Gasteiger partial charge is 0.248 e. The van der Waals surface area contributed by atoms with E-state index < -0.39 is 0 Å². The number of aromatic amines is 1. The lowest BCUT2D eigenvalue weighted by Gasteiger charge is -1.99. The van der Waals surface area contributed by atoms with Gasteiger partial charge in [-0.1, -0.05) is 26.7 Å². The van der Waals surface area contributed by atoms with Crippen LogP contribution in [0.25, 0.3) is 0 Å². The van der Waals surface area contributed by atoms with Gasteiger partial charge in [-0.05, 0) is 19.3 Å². The molecule has 0 saturated carbocycles. The first-order chi connectivity index (χ1) is 6.88. The summed E-state index contributed by atoms with van der Waals surface area (Å²) in [5.74, 6) is 1.38. The first kappa shape index (κ1) is 11.3. The van der Waals surface area contributed by atoms with Crippen LogP contribution in [-0.4, -0.2) is 4.98 Å². The normalized spacial score (nSPS) is 10.7. The zero-order chi connectivity index (χ0) is 10.2. The van der Waals surface area contributed by atoms with Gasteiger partial charge in [0.25, 0.3) is 5.82 Å². The van der Waals surface area contributed by atoms with Crippen molar-refractivity contribution in [3.8, 4) is 0 Å². The van der Waals surface area contributed by atoms with Gasteiger partial charge in [0.2, 0.25) is 0 Å². The van der Waals surface area contributed by atoms with E-state index in [0.717, 1.165) is 0 Å². The molecule has 1 aromatic rings. The van der Waals surface area contributed by atoms with Crippen LogP contribution < -0.4 is 4.57 Å². The van der Waals surface area contributed by atoms with Crippen molar-refractivity contribution in [3.05, 3.63) is 18.2 Å². The van der Waals surface area contributed by atoms with Crippen molar-refractivity contribution in [1.82, 2.24) is 4.98 Å². The Morgan fingerprint density at radius 2 is 2.00 bits per heavy atom. The molecule has 0 aromatic carbocycles. The monoisotopic (exact) mass is 195 g/mol. The standard InChI is InChI=1S/C12H22N2/c1-3-5-6-7-10-14-11-9-13-12(14)8-4-2/h9,11H,3-8,10H2,1-2H3/p+1. The molecule has 1 N–H and O–H groups in total. The van der Waals surface area contributed by atoms with Crippen molar-refractivity contribution in [3.63, 3.8) is 0 Å². The van der Waals surface area contributed by atoms with Crippen molar-refractivity contribution in [2.45, 2.75) is 58.9 Å². The van der Waals surface area contributed by atoms with Gasteiger partial charge in [-0.25, -0.2) is 9.55 Å². The molecule has 0 radical (unpaired) electrons. The first-order valence-corrected chi connectivity index (χ1v) is 5.94. The Morgan fingerprint density at radius 1 is 1.14 bits per heavy atom. The van der Waals surface area contributed by atoms with Crippen LogP contribution in [-0.2, 0) is 13.0 Å². The van der Waals surface area contributed by atoms with Gasteiger partial charge in [-0.15, -0.1) is 0 Å². The molecule has 2 nitrogen and oxygen atoms in total. The molecule has 0 aliphatic rings. The number of imidazole rings is 1. The van der Waals surface area contributed by atoms with Crippen LogP contribution in [0.1, 0.15) is 51.8 Å². The third-order valence-corrected chi connectivity index (χ3v) is 2.59. The fourth-order valence-corrected chi connectivity index (χ4v) is 1.77. The van der Waals surface area contributed by atoms with Gasteiger partial charge in [0.15, 0.2) is 0 Å². The quantitative estimate of drug-likeness (QED) is 0.510. The topological polar surface area (TPSA) is 19.7 Å². The van der Waals surface area contributed by atoms with Crippen molar-refractivity contribution < 1.29 is 4.57 Å². The number of aryl methyl sites for hydroxylation is 2. The number of nitrogens with one attached hydrogen (secondary N) is 1. The van der Waals surface area contributed by atoms with E-state index in [1.165, 1.54) is 50.9 Å². The van der Waals surface area contributed by atoms with Crippen LogP contribution in [0.15, 0.2) is 12.4 Å².